The van der Waals surface area contributed by atoms with Gasteiger partial charge >= 0.3 is 0 Å². The number of carbonyl (C=O) groups is 1. The number of aromatic nitrogens is 2. The first-order chi connectivity index (χ1) is 16.1. The van der Waals surface area contributed by atoms with Crippen LogP contribution in [0.25, 0.3) is 11.0 Å². The van der Waals surface area contributed by atoms with Crippen LogP contribution in [0.2, 0.25) is 10.0 Å². The molecule has 7 nitrogen and oxygen atoms in total. The summed E-state index contributed by atoms with van der Waals surface area (Å²) in [4.78, 5) is 18.6. The maximum absolute atomic E-state index is 15.4. The zero-order chi connectivity index (χ0) is 26.3. The van der Waals surface area contributed by atoms with E-state index in [1.54, 1.807) is 64.4 Å². The van der Waals surface area contributed by atoms with Gasteiger partial charge in [0.15, 0.2) is 5.82 Å². The molecule has 0 aliphatic carbocycles. The van der Waals surface area contributed by atoms with Crippen molar-refractivity contribution < 1.29 is 14.3 Å². The third-order valence-corrected chi connectivity index (χ3v) is 6.13. The maximum atomic E-state index is 15.4. The Labute approximate surface area is 215 Å². The minimum Gasteiger partial charge on any atom is -0.389 e. The van der Waals surface area contributed by atoms with Crippen LogP contribution < -0.4 is 15.5 Å². The number of imidazole rings is 1. The molecule has 0 radical (unpaired) electrons. The number of benzene rings is 2. The Balaban J connectivity index is 1.93. The van der Waals surface area contributed by atoms with E-state index >= 15 is 4.39 Å². The molecular formula is C25H32Cl2FN5O2. The fourth-order valence-corrected chi connectivity index (χ4v) is 4.17. The van der Waals surface area contributed by atoms with E-state index in [2.05, 4.69) is 15.6 Å². The molecule has 1 amide bonds. The maximum Gasteiger partial charge on any atom is 0.225 e. The second-order valence-corrected chi connectivity index (χ2v) is 11.2. The molecule has 3 aromatic rings. The van der Waals surface area contributed by atoms with E-state index in [1.165, 1.54) is 0 Å². The molecule has 10 heteroatoms. The van der Waals surface area contributed by atoms with Gasteiger partial charge in [-0.2, -0.15) is 0 Å². The number of likely N-dealkylation sites (N-methyl/N-ethyl adjacent to an activating group) is 1. The molecule has 0 saturated heterocycles. The lowest BCUT2D eigenvalue weighted by Gasteiger charge is -2.28. The fourth-order valence-electron chi connectivity index (χ4n) is 3.67. The molecule has 0 atom stereocenters. The standard InChI is InChI=1S/C25H32Cl2FN5O2/c1-24(2,3)22(34)29-12-14-8-9-15(26)21(20(14)28)31-23-30-17-10-16(27)18(11-19(17)33(23)7)32(6)13-25(4,5)35/h8-11,35H,12-13H2,1-7H3,(H,29,34)(H,30,31). The largest absolute Gasteiger partial charge is 0.389 e. The topological polar surface area (TPSA) is 82.4 Å². The van der Waals surface area contributed by atoms with Crippen LogP contribution in [0.3, 0.4) is 0 Å². The van der Waals surface area contributed by atoms with Crippen LogP contribution in [0.1, 0.15) is 40.2 Å². The first-order valence-electron chi connectivity index (χ1n) is 11.2. The number of aryl methyl sites for hydroxylation is 1. The summed E-state index contributed by atoms with van der Waals surface area (Å²) in [6, 6.07) is 6.73. The average molecular weight is 524 g/mol. The molecule has 0 bridgehead atoms. The number of hydrogen-bond donors (Lipinski definition) is 3. The summed E-state index contributed by atoms with van der Waals surface area (Å²) < 4.78 is 17.1. The van der Waals surface area contributed by atoms with Crippen molar-refractivity contribution in [3.8, 4) is 0 Å². The van der Waals surface area contributed by atoms with E-state index in [0.29, 0.717) is 28.6 Å². The molecule has 190 valence electrons. The predicted molar refractivity (Wildman–Crippen MR) is 141 cm³/mol. The number of amides is 1. The first-order valence-corrected chi connectivity index (χ1v) is 12.0. The quantitative estimate of drug-likeness (QED) is 0.373. The van der Waals surface area contributed by atoms with Crippen LogP contribution in [0, 0.1) is 11.2 Å². The Morgan fingerprint density at radius 1 is 1.17 bits per heavy atom. The molecule has 0 fully saturated rings. The molecule has 0 aliphatic heterocycles. The van der Waals surface area contributed by atoms with Crippen molar-refractivity contribution in [2.45, 2.75) is 46.8 Å². The zero-order valence-electron chi connectivity index (χ0n) is 21.1. The Bertz CT molecular complexity index is 1260. The second-order valence-electron chi connectivity index (χ2n) is 10.4. The highest BCUT2D eigenvalue weighted by atomic mass is 35.5. The number of hydrogen-bond acceptors (Lipinski definition) is 5. The summed E-state index contributed by atoms with van der Waals surface area (Å²) in [5.74, 6) is -0.378. The fraction of sp³-hybridized carbons (Fsp3) is 0.440. The SMILES string of the molecule is CN(CC(C)(C)O)c1cc2c(cc1Cl)nc(Nc1c(Cl)ccc(CNC(=O)C(C)(C)C)c1F)n2C. The van der Waals surface area contributed by atoms with Gasteiger partial charge in [0.1, 0.15) is 0 Å². The van der Waals surface area contributed by atoms with Crippen LogP contribution in [0.4, 0.5) is 21.7 Å². The number of anilines is 3. The van der Waals surface area contributed by atoms with E-state index in [0.717, 1.165) is 11.2 Å². The Morgan fingerprint density at radius 2 is 1.83 bits per heavy atom. The summed E-state index contributed by atoms with van der Waals surface area (Å²) in [5.41, 5.74) is 0.988. The van der Waals surface area contributed by atoms with Crippen LogP contribution >= 0.6 is 23.2 Å². The van der Waals surface area contributed by atoms with Crippen LogP contribution in [-0.4, -0.2) is 39.8 Å². The third kappa shape index (κ3) is 6.18. The predicted octanol–water partition coefficient (Wildman–Crippen LogP) is 5.63. The summed E-state index contributed by atoms with van der Waals surface area (Å²) in [7, 11) is 3.64. The number of carbonyl (C=O) groups excluding carboxylic acids is 1. The van der Waals surface area contributed by atoms with Gasteiger partial charge in [-0.25, -0.2) is 9.37 Å². The normalized spacial score (nSPS) is 12.2. The molecule has 1 aromatic heterocycles. The van der Waals surface area contributed by atoms with Gasteiger partial charge in [-0.3, -0.25) is 4.79 Å². The van der Waals surface area contributed by atoms with Crippen molar-refractivity contribution in [1.82, 2.24) is 14.9 Å². The van der Waals surface area contributed by atoms with E-state index < -0.39 is 16.8 Å². The summed E-state index contributed by atoms with van der Waals surface area (Å²) in [5, 5.41) is 16.6. The average Bonchev–Trinajstić information content (AvgIpc) is 3.01. The summed E-state index contributed by atoms with van der Waals surface area (Å²) >= 11 is 12.8. The summed E-state index contributed by atoms with van der Waals surface area (Å²) in [6.07, 6.45) is 0. The highest BCUT2D eigenvalue weighted by Crippen LogP contribution is 2.35. The lowest BCUT2D eigenvalue weighted by Crippen LogP contribution is -2.36. The second kappa shape index (κ2) is 9.84. The number of nitrogens with zero attached hydrogens (tertiary/aromatic N) is 3. The van der Waals surface area contributed by atoms with Gasteiger partial charge in [-0.1, -0.05) is 50.0 Å². The Hall–Kier alpha value is -2.55. The number of nitrogens with one attached hydrogen (secondary N) is 2. The van der Waals surface area contributed by atoms with Crippen molar-refractivity contribution in [1.29, 1.82) is 0 Å². The van der Waals surface area contributed by atoms with Gasteiger partial charge in [-0.15, -0.1) is 0 Å². The van der Waals surface area contributed by atoms with Crippen molar-refractivity contribution in [3.05, 3.63) is 45.7 Å². The van der Waals surface area contributed by atoms with Gasteiger partial charge in [0.25, 0.3) is 0 Å². The number of aliphatic hydroxyl groups is 1. The first kappa shape index (κ1) is 27.0. The monoisotopic (exact) mass is 523 g/mol. The molecule has 0 saturated carbocycles. The zero-order valence-corrected chi connectivity index (χ0v) is 22.6. The molecule has 3 N–H and O–H groups in total. The molecule has 2 aromatic carbocycles. The van der Waals surface area contributed by atoms with Crippen LogP contribution in [0.5, 0.6) is 0 Å². The van der Waals surface area contributed by atoms with Crippen molar-refractivity contribution >= 4 is 57.5 Å². The Kier molecular flexibility index (Phi) is 7.60. The smallest absolute Gasteiger partial charge is 0.225 e. The highest BCUT2D eigenvalue weighted by molar-refractivity contribution is 6.34. The van der Waals surface area contributed by atoms with Gasteiger partial charge < -0.3 is 25.2 Å². The molecule has 0 aliphatic rings. The van der Waals surface area contributed by atoms with E-state index in [-0.39, 0.29) is 23.2 Å². The number of rotatable bonds is 7. The van der Waals surface area contributed by atoms with Gasteiger partial charge in [0.2, 0.25) is 11.9 Å². The molecule has 3 rings (SSSR count). The lowest BCUT2D eigenvalue weighted by molar-refractivity contribution is -0.128. The van der Waals surface area contributed by atoms with Gasteiger partial charge in [0, 0.05) is 38.2 Å². The molecular weight excluding hydrogens is 492 g/mol. The minimum absolute atomic E-state index is 0.0306. The number of halogens is 3. The van der Waals surface area contributed by atoms with E-state index in [1.807, 2.05) is 18.0 Å². The van der Waals surface area contributed by atoms with Crippen LogP contribution in [0.15, 0.2) is 24.3 Å². The van der Waals surface area contributed by atoms with Crippen molar-refractivity contribution in [3.63, 3.8) is 0 Å². The molecule has 0 unspecified atom stereocenters. The molecule has 0 spiro atoms. The van der Waals surface area contributed by atoms with Gasteiger partial charge in [-0.05, 0) is 32.0 Å². The van der Waals surface area contributed by atoms with E-state index in [4.69, 9.17) is 23.2 Å². The molecule has 35 heavy (non-hydrogen) atoms. The summed E-state index contributed by atoms with van der Waals surface area (Å²) in [6.45, 7) is 9.23. The van der Waals surface area contributed by atoms with Gasteiger partial charge in [0.05, 0.1) is 38.1 Å². The lowest BCUT2D eigenvalue weighted by atomic mass is 9.95. The van der Waals surface area contributed by atoms with Crippen molar-refractivity contribution in [2.24, 2.45) is 12.5 Å². The Morgan fingerprint density at radius 3 is 2.43 bits per heavy atom. The third-order valence-electron chi connectivity index (χ3n) is 5.51. The minimum atomic E-state index is -0.905. The van der Waals surface area contributed by atoms with Crippen LogP contribution in [-0.2, 0) is 18.4 Å². The molecule has 1 heterocycles. The van der Waals surface area contributed by atoms with E-state index in [9.17, 15) is 9.90 Å². The highest BCUT2D eigenvalue weighted by Gasteiger charge is 2.23. The number of fused-ring (bicyclic) bond motifs is 1. The van der Waals surface area contributed by atoms with Crippen molar-refractivity contribution in [2.75, 3.05) is 23.8 Å².